The molecule has 10 aromatic carbocycles. The first-order chi connectivity index (χ1) is 26.8. The summed E-state index contributed by atoms with van der Waals surface area (Å²) in [5.74, 6) is 0. The van der Waals surface area contributed by atoms with Gasteiger partial charge in [0, 0.05) is 36.3 Å². The molecule has 0 spiro atoms. The maximum atomic E-state index is 6.71. The second kappa shape index (κ2) is 11.4. The van der Waals surface area contributed by atoms with Crippen molar-refractivity contribution in [3.63, 3.8) is 0 Å². The van der Waals surface area contributed by atoms with Crippen LogP contribution in [0.5, 0.6) is 0 Å². The normalized spacial score (nSPS) is 12.1. The van der Waals surface area contributed by atoms with Crippen LogP contribution < -0.4 is 0 Å². The van der Waals surface area contributed by atoms with Crippen molar-refractivity contribution < 1.29 is 4.42 Å². The SMILES string of the molecule is c1ccc2c(-c3c4ccccc4c(-c4ccc(-c5cc6c7cc8sc9ccccc9c8cc7oc6c6ccccc56)cc4)c4ccccc34)cccc2c1. The topological polar surface area (TPSA) is 13.1 Å². The maximum absolute atomic E-state index is 6.71. The summed E-state index contributed by atoms with van der Waals surface area (Å²) in [7, 11) is 0. The van der Waals surface area contributed by atoms with E-state index < -0.39 is 0 Å². The molecule has 2 heterocycles. The molecule has 12 aromatic rings. The fourth-order valence-corrected chi connectivity index (χ4v) is 10.2. The molecule has 0 aliphatic heterocycles. The molecule has 0 atom stereocenters. The highest BCUT2D eigenvalue weighted by atomic mass is 32.1. The van der Waals surface area contributed by atoms with Gasteiger partial charge in [-0.15, -0.1) is 11.3 Å². The van der Waals surface area contributed by atoms with E-state index in [9.17, 15) is 0 Å². The van der Waals surface area contributed by atoms with Crippen molar-refractivity contribution in [2.75, 3.05) is 0 Å². The van der Waals surface area contributed by atoms with Crippen LogP contribution in [0.4, 0.5) is 0 Å². The first-order valence-electron chi connectivity index (χ1n) is 18.5. The zero-order valence-electron chi connectivity index (χ0n) is 29.1. The van der Waals surface area contributed by atoms with Crippen LogP contribution in [0.1, 0.15) is 0 Å². The second-order valence-corrected chi connectivity index (χ2v) is 15.4. The van der Waals surface area contributed by atoms with E-state index in [-0.39, 0.29) is 0 Å². The molecule has 1 nitrogen and oxygen atoms in total. The van der Waals surface area contributed by atoms with E-state index in [1.165, 1.54) is 91.3 Å². The number of fused-ring (bicyclic) bond motifs is 11. The van der Waals surface area contributed by atoms with Crippen LogP contribution in [0.2, 0.25) is 0 Å². The summed E-state index contributed by atoms with van der Waals surface area (Å²) in [6.45, 7) is 0. The van der Waals surface area contributed by atoms with Crippen LogP contribution in [0, 0.1) is 0 Å². The summed E-state index contributed by atoms with van der Waals surface area (Å²) >= 11 is 1.85. The lowest BCUT2D eigenvalue weighted by molar-refractivity contribution is 0.673. The van der Waals surface area contributed by atoms with Crippen molar-refractivity contribution in [1.29, 1.82) is 0 Å². The molecular formula is C52H30OS. The largest absolute Gasteiger partial charge is 0.455 e. The van der Waals surface area contributed by atoms with Gasteiger partial charge < -0.3 is 4.42 Å². The summed E-state index contributed by atoms with van der Waals surface area (Å²) in [6.07, 6.45) is 0. The lowest BCUT2D eigenvalue weighted by atomic mass is 9.84. The molecule has 0 bridgehead atoms. The highest BCUT2D eigenvalue weighted by molar-refractivity contribution is 7.25. The first-order valence-corrected chi connectivity index (χ1v) is 19.3. The van der Waals surface area contributed by atoms with Crippen LogP contribution in [-0.4, -0.2) is 0 Å². The maximum Gasteiger partial charge on any atom is 0.143 e. The van der Waals surface area contributed by atoms with Crippen LogP contribution >= 0.6 is 11.3 Å². The van der Waals surface area contributed by atoms with Crippen molar-refractivity contribution in [1.82, 2.24) is 0 Å². The van der Waals surface area contributed by atoms with Gasteiger partial charge in [0.15, 0.2) is 0 Å². The van der Waals surface area contributed by atoms with Crippen molar-refractivity contribution in [3.05, 3.63) is 182 Å². The Kier molecular flexibility index (Phi) is 6.28. The number of hydrogen-bond donors (Lipinski definition) is 0. The van der Waals surface area contributed by atoms with E-state index in [2.05, 4.69) is 182 Å². The molecule has 0 aliphatic rings. The molecule has 54 heavy (non-hydrogen) atoms. The van der Waals surface area contributed by atoms with Gasteiger partial charge in [0.25, 0.3) is 0 Å². The van der Waals surface area contributed by atoms with Gasteiger partial charge in [-0.25, -0.2) is 0 Å². The van der Waals surface area contributed by atoms with Gasteiger partial charge in [-0.05, 0) is 95.3 Å². The molecule has 0 unspecified atom stereocenters. The van der Waals surface area contributed by atoms with Crippen LogP contribution in [0.25, 0.3) is 119 Å². The molecule has 250 valence electrons. The fraction of sp³-hybridized carbons (Fsp3) is 0. The van der Waals surface area contributed by atoms with Gasteiger partial charge in [0.2, 0.25) is 0 Å². The van der Waals surface area contributed by atoms with Crippen LogP contribution in [0.15, 0.2) is 186 Å². The summed E-state index contributed by atoms with van der Waals surface area (Å²) in [5, 5.41) is 14.8. The van der Waals surface area contributed by atoms with Gasteiger partial charge in [-0.3, -0.25) is 0 Å². The molecule has 2 aromatic heterocycles. The minimum atomic E-state index is 0.935. The van der Waals surface area contributed by atoms with Crippen molar-refractivity contribution in [3.8, 4) is 33.4 Å². The number of thiophene rings is 1. The summed E-state index contributed by atoms with van der Waals surface area (Å²) in [4.78, 5) is 0. The van der Waals surface area contributed by atoms with Gasteiger partial charge in [0.1, 0.15) is 11.2 Å². The Morgan fingerprint density at radius 3 is 1.63 bits per heavy atom. The van der Waals surface area contributed by atoms with Crippen molar-refractivity contribution in [2.24, 2.45) is 0 Å². The highest BCUT2D eigenvalue weighted by Crippen LogP contribution is 2.47. The van der Waals surface area contributed by atoms with E-state index >= 15 is 0 Å². The van der Waals surface area contributed by atoms with Crippen LogP contribution in [0.3, 0.4) is 0 Å². The Balaban J connectivity index is 1.06. The zero-order chi connectivity index (χ0) is 35.3. The predicted octanol–water partition coefficient (Wildman–Crippen LogP) is 15.6. The standard InChI is InChI=1S/C52H30OS/c1-2-14-34-31(12-1)13-11-22-37(34)51-40-19-6-4-17-38(40)50(39-18-5-7-20-41(39)51)33-26-24-32(25-27-33)43-28-46-44-30-49-45(36-16-9-10-23-48(36)54-49)29-47(44)53-52(46)42-21-8-3-15-35(42)43/h1-30H. The lowest BCUT2D eigenvalue weighted by Gasteiger charge is -2.19. The van der Waals surface area contributed by atoms with Gasteiger partial charge >= 0.3 is 0 Å². The van der Waals surface area contributed by atoms with E-state index in [1.807, 2.05) is 11.3 Å². The van der Waals surface area contributed by atoms with Crippen molar-refractivity contribution in [2.45, 2.75) is 0 Å². The van der Waals surface area contributed by atoms with E-state index in [4.69, 9.17) is 4.42 Å². The summed E-state index contributed by atoms with van der Waals surface area (Å²) < 4.78 is 9.30. The predicted molar refractivity (Wildman–Crippen MR) is 233 cm³/mol. The minimum absolute atomic E-state index is 0.935. The third-order valence-electron chi connectivity index (χ3n) is 11.5. The average molecular weight is 703 g/mol. The molecule has 2 heteroatoms. The molecule has 0 radical (unpaired) electrons. The molecule has 0 N–H and O–H groups in total. The quantitative estimate of drug-likeness (QED) is 0.167. The van der Waals surface area contributed by atoms with E-state index in [0.717, 1.165) is 27.3 Å². The molecule has 0 saturated heterocycles. The number of benzene rings is 10. The Labute approximate surface area is 314 Å². The second-order valence-electron chi connectivity index (χ2n) is 14.3. The Morgan fingerprint density at radius 2 is 0.889 bits per heavy atom. The van der Waals surface area contributed by atoms with Gasteiger partial charge in [-0.1, -0.05) is 158 Å². The van der Waals surface area contributed by atoms with Crippen LogP contribution in [-0.2, 0) is 0 Å². The molecule has 0 aliphatic carbocycles. The van der Waals surface area contributed by atoms with E-state index in [1.54, 1.807) is 0 Å². The number of rotatable bonds is 3. The monoisotopic (exact) mass is 702 g/mol. The molecule has 0 fully saturated rings. The molecule has 0 saturated carbocycles. The van der Waals surface area contributed by atoms with Gasteiger partial charge in [-0.2, -0.15) is 0 Å². The smallest absolute Gasteiger partial charge is 0.143 e. The van der Waals surface area contributed by atoms with E-state index in [0.29, 0.717) is 0 Å². The average Bonchev–Trinajstić information content (AvgIpc) is 3.79. The highest BCUT2D eigenvalue weighted by Gasteiger charge is 2.20. The van der Waals surface area contributed by atoms with Gasteiger partial charge in [0.05, 0.1) is 0 Å². The molecular weight excluding hydrogens is 673 g/mol. The Morgan fingerprint density at radius 1 is 0.315 bits per heavy atom. The molecule has 0 amide bonds. The summed E-state index contributed by atoms with van der Waals surface area (Å²) in [5.41, 5.74) is 9.33. The zero-order valence-corrected chi connectivity index (χ0v) is 30.0. The Hall–Kier alpha value is -6.74. The minimum Gasteiger partial charge on any atom is -0.455 e. The van der Waals surface area contributed by atoms with Crippen molar-refractivity contribution >= 4 is 96.5 Å². The third kappa shape index (κ3) is 4.26. The summed E-state index contributed by atoms with van der Waals surface area (Å²) in [6, 6.07) is 66.7. The fourth-order valence-electron chi connectivity index (χ4n) is 9.04. The Bertz CT molecular complexity index is 3430. The third-order valence-corrected chi connectivity index (χ3v) is 12.6. The lowest BCUT2D eigenvalue weighted by Crippen LogP contribution is -1.91. The number of hydrogen-bond acceptors (Lipinski definition) is 2. The molecule has 12 rings (SSSR count). The number of furan rings is 1. The first kappa shape index (κ1) is 29.8.